The van der Waals surface area contributed by atoms with Crippen molar-refractivity contribution in [3.63, 3.8) is 0 Å². The molecule has 2 N–H and O–H groups in total. The van der Waals surface area contributed by atoms with Crippen LogP contribution in [0.1, 0.15) is 12.0 Å². The fourth-order valence-electron chi connectivity index (χ4n) is 3.41. The molecular formula is C23H23N5O5S. The maximum atomic E-state index is 12.2. The highest BCUT2D eigenvalue weighted by molar-refractivity contribution is 7.90. The van der Waals surface area contributed by atoms with Gasteiger partial charge in [0.1, 0.15) is 5.69 Å². The average molecular weight is 482 g/mol. The molecular weight excluding hydrogens is 458 g/mol. The monoisotopic (exact) mass is 481 g/mol. The van der Waals surface area contributed by atoms with E-state index >= 15 is 0 Å². The van der Waals surface area contributed by atoms with Gasteiger partial charge in [-0.2, -0.15) is 5.26 Å². The van der Waals surface area contributed by atoms with E-state index in [1.165, 1.54) is 18.2 Å². The first-order chi connectivity index (χ1) is 16.2. The first-order valence-electron chi connectivity index (χ1n) is 10.3. The lowest BCUT2D eigenvalue weighted by atomic mass is 10.1. The number of nitro groups is 1. The molecule has 0 saturated carbocycles. The standard InChI is InChI=1S/C23H23N5O5S/c1-34(32,33)18-8-9-20(22(15-18)28(30)31)25-12-13-26-23(29)10-7-17-16-27(14-4-11-24)21-6-3-2-5-19(17)21/h2-3,5-10,15-16,25H,4,12-14H2,1H3,(H,26,29)/b10-7+. The van der Waals surface area contributed by atoms with Crippen molar-refractivity contribution in [1.29, 1.82) is 5.26 Å². The lowest BCUT2D eigenvalue weighted by Gasteiger charge is -2.08. The van der Waals surface area contributed by atoms with Gasteiger partial charge in [0.2, 0.25) is 5.91 Å². The lowest BCUT2D eigenvalue weighted by molar-refractivity contribution is -0.384. The third-order valence-corrected chi connectivity index (χ3v) is 6.14. The van der Waals surface area contributed by atoms with Crippen LogP contribution in [-0.4, -0.2) is 43.2 Å². The van der Waals surface area contributed by atoms with Gasteiger partial charge in [0.15, 0.2) is 9.84 Å². The third kappa shape index (κ3) is 5.99. The smallest absolute Gasteiger partial charge is 0.293 e. The number of fused-ring (bicyclic) bond motifs is 1. The second kappa shape index (κ2) is 10.6. The number of benzene rings is 2. The Morgan fingerprint density at radius 2 is 2.00 bits per heavy atom. The zero-order chi connectivity index (χ0) is 24.7. The van der Waals surface area contributed by atoms with E-state index in [0.29, 0.717) is 13.0 Å². The number of carbonyl (C=O) groups is 1. The summed E-state index contributed by atoms with van der Waals surface area (Å²) >= 11 is 0. The normalized spacial score (nSPS) is 11.4. The Kier molecular flexibility index (Phi) is 7.65. The number of nitrogens with one attached hydrogen (secondary N) is 2. The van der Waals surface area contributed by atoms with Crippen molar-refractivity contribution < 1.29 is 18.1 Å². The molecule has 0 aliphatic rings. The van der Waals surface area contributed by atoms with E-state index in [1.807, 2.05) is 35.0 Å². The van der Waals surface area contributed by atoms with Crippen molar-refractivity contribution in [2.24, 2.45) is 0 Å². The molecule has 1 heterocycles. The van der Waals surface area contributed by atoms with E-state index in [4.69, 9.17) is 5.26 Å². The first-order valence-corrected chi connectivity index (χ1v) is 12.2. The predicted octanol–water partition coefficient (Wildman–Crippen LogP) is 3.11. The molecule has 0 saturated heterocycles. The molecule has 34 heavy (non-hydrogen) atoms. The molecule has 1 amide bonds. The largest absolute Gasteiger partial charge is 0.378 e. The number of hydrogen-bond acceptors (Lipinski definition) is 7. The van der Waals surface area contributed by atoms with E-state index in [2.05, 4.69) is 16.7 Å². The van der Waals surface area contributed by atoms with Crippen LogP contribution in [-0.2, 0) is 21.2 Å². The van der Waals surface area contributed by atoms with Crippen molar-refractivity contribution in [2.75, 3.05) is 24.7 Å². The van der Waals surface area contributed by atoms with Gasteiger partial charge in [-0.15, -0.1) is 0 Å². The van der Waals surface area contributed by atoms with Crippen molar-refractivity contribution in [3.05, 3.63) is 70.4 Å². The first kappa shape index (κ1) is 24.5. The number of rotatable bonds is 10. The summed E-state index contributed by atoms with van der Waals surface area (Å²) in [6.45, 7) is 0.949. The number of hydrogen-bond donors (Lipinski definition) is 2. The van der Waals surface area contributed by atoms with Crippen LogP contribution >= 0.6 is 0 Å². The van der Waals surface area contributed by atoms with E-state index in [1.54, 1.807) is 6.08 Å². The van der Waals surface area contributed by atoms with Crippen LogP contribution in [0.2, 0.25) is 0 Å². The summed E-state index contributed by atoms with van der Waals surface area (Å²) in [5, 5.41) is 26.6. The molecule has 0 aliphatic heterocycles. The number of aromatic nitrogens is 1. The van der Waals surface area contributed by atoms with Gasteiger partial charge in [-0.1, -0.05) is 18.2 Å². The Labute approximate surface area is 196 Å². The van der Waals surface area contributed by atoms with E-state index < -0.39 is 14.8 Å². The van der Waals surface area contributed by atoms with Gasteiger partial charge in [0, 0.05) is 60.7 Å². The number of nitro benzene ring substituents is 1. The zero-order valence-corrected chi connectivity index (χ0v) is 19.2. The minimum atomic E-state index is -3.57. The molecule has 0 aliphatic carbocycles. The summed E-state index contributed by atoms with van der Waals surface area (Å²) in [7, 11) is -3.57. The quantitative estimate of drug-likeness (QED) is 0.196. The maximum absolute atomic E-state index is 12.2. The van der Waals surface area contributed by atoms with Crippen LogP contribution in [0.15, 0.2) is 59.6 Å². The summed E-state index contributed by atoms with van der Waals surface area (Å²) in [6, 6.07) is 13.5. The van der Waals surface area contributed by atoms with Gasteiger partial charge < -0.3 is 15.2 Å². The predicted molar refractivity (Wildman–Crippen MR) is 129 cm³/mol. The molecule has 0 radical (unpaired) electrons. The van der Waals surface area contributed by atoms with Crippen LogP contribution in [0.4, 0.5) is 11.4 Å². The minimum Gasteiger partial charge on any atom is -0.378 e. The summed E-state index contributed by atoms with van der Waals surface area (Å²) in [5.41, 5.74) is 1.63. The molecule has 0 fully saturated rings. The number of aryl methyl sites for hydroxylation is 1. The minimum absolute atomic E-state index is 0.142. The Hall–Kier alpha value is -4.17. The van der Waals surface area contributed by atoms with Gasteiger partial charge in [-0.05, 0) is 24.3 Å². The lowest BCUT2D eigenvalue weighted by Crippen LogP contribution is -2.27. The van der Waals surface area contributed by atoms with Gasteiger partial charge >= 0.3 is 0 Å². The van der Waals surface area contributed by atoms with E-state index in [-0.39, 0.29) is 35.3 Å². The molecule has 1 aromatic heterocycles. The molecule has 2 aromatic carbocycles. The number of nitrogens with zero attached hydrogens (tertiary/aromatic N) is 3. The Morgan fingerprint density at radius 1 is 1.24 bits per heavy atom. The second-order valence-electron chi connectivity index (χ2n) is 7.46. The molecule has 10 nitrogen and oxygen atoms in total. The van der Waals surface area contributed by atoms with Crippen LogP contribution in [0.5, 0.6) is 0 Å². The van der Waals surface area contributed by atoms with E-state index in [9.17, 15) is 23.3 Å². The fraction of sp³-hybridized carbons (Fsp3) is 0.217. The number of anilines is 1. The molecule has 0 spiro atoms. The molecule has 0 bridgehead atoms. The highest BCUT2D eigenvalue weighted by Gasteiger charge is 2.18. The summed E-state index contributed by atoms with van der Waals surface area (Å²) in [4.78, 5) is 22.7. The number of amides is 1. The highest BCUT2D eigenvalue weighted by atomic mass is 32.2. The SMILES string of the molecule is CS(=O)(=O)c1ccc(NCCNC(=O)/C=C/c2cn(CCC#N)c3ccccc23)c([N+](=O)[O-])c1. The third-order valence-electron chi connectivity index (χ3n) is 5.03. The fourth-order valence-corrected chi connectivity index (χ4v) is 4.05. The van der Waals surface area contributed by atoms with Gasteiger partial charge in [0.05, 0.1) is 22.3 Å². The van der Waals surface area contributed by atoms with Crippen molar-refractivity contribution in [1.82, 2.24) is 9.88 Å². The molecule has 0 unspecified atom stereocenters. The number of para-hydroxylation sites is 1. The van der Waals surface area contributed by atoms with Crippen molar-refractivity contribution in [3.8, 4) is 6.07 Å². The molecule has 0 atom stereocenters. The van der Waals surface area contributed by atoms with Gasteiger partial charge in [0.25, 0.3) is 5.69 Å². The van der Waals surface area contributed by atoms with Gasteiger partial charge in [-0.25, -0.2) is 8.42 Å². The average Bonchev–Trinajstić information content (AvgIpc) is 3.16. The van der Waals surface area contributed by atoms with E-state index in [0.717, 1.165) is 28.8 Å². The number of nitriles is 1. The van der Waals surface area contributed by atoms with Crippen molar-refractivity contribution >= 4 is 44.1 Å². The number of carbonyl (C=O) groups excluding carboxylic acids is 1. The van der Waals surface area contributed by atoms with Crippen LogP contribution in [0.3, 0.4) is 0 Å². The topological polar surface area (TPSA) is 147 Å². The Balaban J connectivity index is 1.60. The summed E-state index contributed by atoms with van der Waals surface area (Å²) in [5.74, 6) is -0.336. The molecule has 3 rings (SSSR count). The summed E-state index contributed by atoms with van der Waals surface area (Å²) in [6.07, 6.45) is 6.35. The zero-order valence-electron chi connectivity index (χ0n) is 18.4. The van der Waals surface area contributed by atoms with Crippen molar-refractivity contribution in [2.45, 2.75) is 17.9 Å². The summed E-state index contributed by atoms with van der Waals surface area (Å²) < 4.78 is 25.2. The van der Waals surface area contributed by atoms with Crippen LogP contribution in [0.25, 0.3) is 17.0 Å². The molecule has 11 heteroatoms. The Morgan fingerprint density at radius 3 is 2.71 bits per heavy atom. The maximum Gasteiger partial charge on any atom is 0.293 e. The molecule has 176 valence electrons. The molecule has 3 aromatic rings. The van der Waals surface area contributed by atoms with Crippen LogP contribution < -0.4 is 10.6 Å². The number of sulfone groups is 1. The van der Waals surface area contributed by atoms with Crippen LogP contribution in [0, 0.1) is 21.4 Å². The van der Waals surface area contributed by atoms with Gasteiger partial charge in [-0.3, -0.25) is 14.9 Å². The second-order valence-corrected chi connectivity index (χ2v) is 9.48. The Bertz CT molecular complexity index is 1400. The highest BCUT2D eigenvalue weighted by Crippen LogP contribution is 2.27.